The molecule has 0 amide bonds. The topological polar surface area (TPSA) is 93.7 Å². The molecule has 0 aliphatic rings. The van der Waals surface area contributed by atoms with Gasteiger partial charge in [-0.1, -0.05) is 38.8 Å². The van der Waals surface area contributed by atoms with Gasteiger partial charge in [-0.2, -0.15) is 13.2 Å². The first-order chi connectivity index (χ1) is 16.5. The third kappa shape index (κ3) is 5.63. The predicted molar refractivity (Wildman–Crippen MR) is 132 cm³/mol. The van der Waals surface area contributed by atoms with Crippen LogP contribution in [0, 0.1) is 0 Å². The fraction of sp³-hybridized carbons (Fsp3) is 0.217. The molecular weight excluding hydrogens is 553 g/mol. The van der Waals surface area contributed by atoms with Gasteiger partial charge in [0.25, 0.3) is 0 Å². The molecule has 0 aliphatic heterocycles. The number of carboxylic acids is 1. The normalized spacial score (nSPS) is 12.7. The molecule has 0 unspecified atom stereocenters. The first kappa shape index (κ1) is 25.1. The number of aromatic nitrogens is 2. The number of halogens is 5. The molecule has 0 saturated heterocycles. The van der Waals surface area contributed by atoms with E-state index < -0.39 is 17.9 Å². The standard InChI is InChI=1S/C23H19BrClF3N4O3/c1-32(11-19(33)34)6-7-35-31-22(23(26,27)28)20-15-4-2-13(24)10-17(15)30-21(20)18-9-12-8-14(25)3-5-16(12)29-18/h2-5,8-10,29-30H,6-7,11H2,1H3,(H,33,34)/b31-22-. The number of alkyl halides is 3. The van der Waals surface area contributed by atoms with Gasteiger partial charge in [0.1, 0.15) is 6.61 Å². The summed E-state index contributed by atoms with van der Waals surface area (Å²) in [5.74, 6) is -1.05. The Morgan fingerprint density at radius 3 is 2.66 bits per heavy atom. The molecule has 0 spiro atoms. The van der Waals surface area contributed by atoms with Crippen molar-refractivity contribution in [2.45, 2.75) is 6.18 Å². The third-order valence-corrected chi connectivity index (χ3v) is 5.97. The lowest BCUT2D eigenvalue weighted by Gasteiger charge is -2.14. The number of benzene rings is 2. The highest BCUT2D eigenvalue weighted by molar-refractivity contribution is 9.10. The Bertz CT molecular complexity index is 1430. The smallest absolute Gasteiger partial charge is 0.437 e. The van der Waals surface area contributed by atoms with E-state index in [-0.39, 0.29) is 31.0 Å². The minimum atomic E-state index is -4.83. The Morgan fingerprint density at radius 2 is 1.94 bits per heavy atom. The number of aliphatic carboxylic acids is 1. The molecule has 0 fully saturated rings. The average molecular weight is 572 g/mol. The summed E-state index contributed by atoms with van der Waals surface area (Å²) in [7, 11) is 1.52. The minimum absolute atomic E-state index is 0.0808. The van der Waals surface area contributed by atoms with E-state index in [4.69, 9.17) is 21.5 Å². The second-order valence-corrected chi connectivity index (χ2v) is 9.23. The maximum absolute atomic E-state index is 14.3. The molecule has 4 rings (SSSR count). The van der Waals surface area contributed by atoms with Gasteiger partial charge in [-0.25, -0.2) is 0 Å². The van der Waals surface area contributed by atoms with Gasteiger partial charge in [-0.05, 0) is 43.4 Å². The number of fused-ring (bicyclic) bond motifs is 2. The van der Waals surface area contributed by atoms with E-state index in [0.717, 1.165) is 5.39 Å². The average Bonchev–Trinajstić information content (AvgIpc) is 3.32. The van der Waals surface area contributed by atoms with Crippen LogP contribution in [-0.2, 0) is 9.63 Å². The molecule has 3 N–H and O–H groups in total. The zero-order valence-corrected chi connectivity index (χ0v) is 20.6. The summed E-state index contributed by atoms with van der Waals surface area (Å²) in [5, 5.41) is 13.8. The molecule has 0 aliphatic carbocycles. The van der Waals surface area contributed by atoms with Crippen LogP contribution >= 0.6 is 27.5 Å². The maximum atomic E-state index is 14.3. The van der Waals surface area contributed by atoms with Crippen LogP contribution in [0.2, 0.25) is 5.02 Å². The lowest BCUT2D eigenvalue weighted by molar-refractivity contribution is -0.138. The number of H-pyrrole nitrogens is 2. The molecule has 2 aromatic carbocycles. The number of likely N-dealkylation sites (N-methyl/N-ethyl adjacent to an activating group) is 1. The molecule has 0 atom stereocenters. The Kier molecular flexibility index (Phi) is 7.11. The number of hydrogen-bond donors (Lipinski definition) is 3. The molecule has 2 heterocycles. The molecular formula is C23H19BrClF3N4O3. The summed E-state index contributed by atoms with van der Waals surface area (Å²) in [4.78, 5) is 23.4. The molecule has 4 aromatic rings. The van der Waals surface area contributed by atoms with Crippen LogP contribution < -0.4 is 0 Å². The maximum Gasteiger partial charge on any atom is 0.437 e. The first-order valence-electron chi connectivity index (χ1n) is 10.3. The summed E-state index contributed by atoms with van der Waals surface area (Å²) < 4.78 is 43.4. The van der Waals surface area contributed by atoms with Crippen molar-refractivity contribution in [2.75, 3.05) is 26.7 Å². The number of aromatic amines is 2. The molecule has 2 aromatic heterocycles. The third-order valence-electron chi connectivity index (χ3n) is 5.24. The van der Waals surface area contributed by atoms with Crippen LogP contribution in [0.3, 0.4) is 0 Å². The van der Waals surface area contributed by atoms with E-state index in [1.807, 2.05) is 0 Å². The zero-order chi connectivity index (χ0) is 25.3. The fourth-order valence-corrected chi connectivity index (χ4v) is 4.25. The van der Waals surface area contributed by atoms with Gasteiger partial charge in [0.2, 0.25) is 0 Å². The summed E-state index contributed by atoms with van der Waals surface area (Å²) in [6, 6.07) is 11.7. The van der Waals surface area contributed by atoms with Gasteiger partial charge in [0, 0.05) is 43.4 Å². The van der Waals surface area contributed by atoms with Crippen molar-refractivity contribution >= 4 is 61.0 Å². The van der Waals surface area contributed by atoms with Crippen LogP contribution in [0.1, 0.15) is 5.56 Å². The van der Waals surface area contributed by atoms with Gasteiger partial charge >= 0.3 is 12.1 Å². The van der Waals surface area contributed by atoms with Crippen molar-refractivity contribution in [3.05, 3.63) is 57.5 Å². The van der Waals surface area contributed by atoms with Crippen LogP contribution in [0.25, 0.3) is 33.2 Å². The molecule has 0 bridgehead atoms. The number of hydrogen-bond acceptors (Lipinski definition) is 4. The highest BCUT2D eigenvalue weighted by atomic mass is 79.9. The van der Waals surface area contributed by atoms with Gasteiger partial charge in [-0.15, -0.1) is 0 Å². The summed E-state index contributed by atoms with van der Waals surface area (Å²) >= 11 is 9.42. The van der Waals surface area contributed by atoms with Crippen molar-refractivity contribution in [3.63, 3.8) is 0 Å². The quantitative estimate of drug-likeness (QED) is 0.137. The van der Waals surface area contributed by atoms with Gasteiger partial charge in [0.05, 0.1) is 17.9 Å². The number of rotatable bonds is 8. The lowest BCUT2D eigenvalue weighted by Crippen LogP contribution is -2.29. The van der Waals surface area contributed by atoms with Crippen molar-refractivity contribution < 1.29 is 27.9 Å². The number of oxime groups is 1. The summed E-state index contributed by atoms with van der Waals surface area (Å²) in [6.07, 6.45) is -4.83. The molecule has 7 nitrogen and oxygen atoms in total. The zero-order valence-electron chi connectivity index (χ0n) is 18.2. The second-order valence-electron chi connectivity index (χ2n) is 7.88. The highest BCUT2D eigenvalue weighted by Gasteiger charge is 2.41. The molecule has 12 heteroatoms. The van der Waals surface area contributed by atoms with Crippen LogP contribution in [0.4, 0.5) is 13.2 Å². The van der Waals surface area contributed by atoms with Crippen LogP contribution in [0.15, 0.2) is 52.1 Å². The highest BCUT2D eigenvalue weighted by Crippen LogP contribution is 2.37. The Labute approximate surface area is 210 Å². The molecule has 35 heavy (non-hydrogen) atoms. The van der Waals surface area contributed by atoms with E-state index in [2.05, 4.69) is 31.1 Å². The first-order valence-corrected chi connectivity index (χ1v) is 11.5. The summed E-state index contributed by atoms with van der Waals surface area (Å²) in [6.45, 7) is -0.417. The minimum Gasteiger partial charge on any atom is -0.480 e. The summed E-state index contributed by atoms with van der Waals surface area (Å²) in [5.41, 5.74) is 0.406. The lowest BCUT2D eigenvalue weighted by atomic mass is 10.0. The molecule has 184 valence electrons. The van der Waals surface area contributed by atoms with E-state index >= 15 is 0 Å². The number of nitrogens with zero attached hydrogens (tertiary/aromatic N) is 2. The molecule has 0 radical (unpaired) electrons. The van der Waals surface area contributed by atoms with Crippen molar-refractivity contribution in [2.24, 2.45) is 5.16 Å². The Hall–Kier alpha value is -3.02. The van der Waals surface area contributed by atoms with Gasteiger partial charge in [-0.3, -0.25) is 9.69 Å². The number of nitrogens with one attached hydrogen (secondary N) is 2. The van der Waals surface area contributed by atoms with Crippen LogP contribution in [-0.4, -0.2) is 64.6 Å². The Balaban J connectivity index is 1.80. The van der Waals surface area contributed by atoms with Crippen molar-refractivity contribution in [3.8, 4) is 11.4 Å². The van der Waals surface area contributed by atoms with Gasteiger partial charge < -0.3 is 19.9 Å². The van der Waals surface area contributed by atoms with Gasteiger partial charge in [0.15, 0.2) is 5.71 Å². The monoisotopic (exact) mass is 570 g/mol. The number of carbonyl (C=O) groups is 1. The van der Waals surface area contributed by atoms with E-state index in [0.29, 0.717) is 31.6 Å². The molecule has 0 saturated carbocycles. The van der Waals surface area contributed by atoms with E-state index in [1.165, 1.54) is 11.9 Å². The van der Waals surface area contributed by atoms with Crippen molar-refractivity contribution in [1.82, 2.24) is 14.9 Å². The number of carboxylic acid groups (broad SMARTS) is 1. The fourth-order valence-electron chi connectivity index (χ4n) is 3.71. The Morgan fingerprint density at radius 1 is 1.17 bits per heavy atom. The van der Waals surface area contributed by atoms with E-state index in [1.54, 1.807) is 42.5 Å². The second kappa shape index (κ2) is 9.92. The largest absolute Gasteiger partial charge is 0.480 e. The predicted octanol–water partition coefficient (Wildman–Crippen LogP) is 6.03. The van der Waals surface area contributed by atoms with E-state index in [9.17, 15) is 18.0 Å². The SMILES string of the molecule is CN(CCO/N=C(/c1c(-c2cc3cc(Cl)ccc3[nH]2)[nH]c2cc(Br)ccc12)C(F)(F)F)CC(=O)O. The van der Waals surface area contributed by atoms with Crippen molar-refractivity contribution in [1.29, 1.82) is 0 Å². The van der Waals surface area contributed by atoms with Crippen LogP contribution in [0.5, 0.6) is 0 Å².